The molecule has 118 valence electrons. The lowest BCUT2D eigenvalue weighted by Crippen LogP contribution is -2.32. The smallest absolute Gasteiger partial charge is 0.272 e. The largest absolute Gasteiger partial charge is 0.383 e. The fourth-order valence-corrected chi connectivity index (χ4v) is 2.10. The molecule has 0 saturated carbocycles. The van der Waals surface area contributed by atoms with Crippen molar-refractivity contribution in [2.75, 3.05) is 32.1 Å². The van der Waals surface area contributed by atoms with Crippen LogP contribution >= 0.6 is 0 Å². The number of aromatic nitrogens is 1. The number of nitrogens with zero attached hydrogens (tertiary/aromatic N) is 2. The van der Waals surface area contributed by atoms with Gasteiger partial charge >= 0.3 is 0 Å². The molecular formula is C16H27N3O2. The second-order valence-electron chi connectivity index (χ2n) is 5.36. The van der Waals surface area contributed by atoms with Crippen LogP contribution in [0.5, 0.6) is 0 Å². The van der Waals surface area contributed by atoms with Gasteiger partial charge in [0.05, 0.1) is 12.6 Å². The molecule has 0 aromatic carbocycles. The lowest BCUT2D eigenvalue weighted by molar-refractivity contribution is 0.0767. The fourth-order valence-electron chi connectivity index (χ4n) is 2.10. The molecular weight excluding hydrogens is 266 g/mol. The molecule has 0 saturated heterocycles. The van der Waals surface area contributed by atoms with Crippen LogP contribution in [0.2, 0.25) is 0 Å². The van der Waals surface area contributed by atoms with Crippen LogP contribution in [0, 0.1) is 5.92 Å². The van der Waals surface area contributed by atoms with E-state index in [1.165, 1.54) is 0 Å². The van der Waals surface area contributed by atoms with Gasteiger partial charge < -0.3 is 15.0 Å². The highest BCUT2D eigenvalue weighted by Gasteiger charge is 2.16. The van der Waals surface area contributed by atoms with Gasteiger partial charge in [0.15, 0.2) is 0 Å². The van der Waals surface area contributed by atoms with Crippen LogP contribution in [0.3, 0.4) is 0 Å². The van der Waals surface area contributed by atoms with Crippen LogP contribution in [-0.2, 0) is 4.74 Å². The molecule has 0 aliphatic rings. The first kappa shape index (κ1) is 17.4. The molecule has 1 atom stereocenters. The van der Waals surface area contributed by atoms with E-state index in [1.807, 2.05) is 26.0 Å². The normalized spacial score (nSPS) is 12.3. The number of hydrogen-bond donors (Lipinski definition) is 1. The van der Waals surface area contributed by atoms with Gasteiger partial charge in [-0.1, -0.05) is 13.8 Å². The molecule has 5 heteroatoms. The molecule has 1 heterocycles. The zero-order chi connectivity index (χ0) is 15.8. The van der Waals surface area contributed by atoms with Gasteiger partial charge in [0.2, 0.25) is 0 Å². The number of pyridine rings is 1. The predicted octanol–water partition coefficient (Wildman–Crippen LogP) is 2.65. The number of anilines is 1. The van der Waals surface area contributed by atoms with E-state index in [0.717, 1.165) is 5.69 Å². The number of nitrogens with one attached hydrogen (secondary N) is 1. The summed E-state index contributed by atoms with van der Waals surface area (Å²) in [6, 6.07) is 3.89. The first-order valence-corrected chi connectivity index (χ1v) is 7.54. The predicted molar refractivity (Wildman–Crippen MR) is 85.6 cm³/mol. The molecule has 1 unspecified atom stereocenters. The molecule has 0 spiro atoms. The quantitative estimate of drug-likeness (QED) is 0.800. The Labute approximate surface area is 127 Å². The van der Waals surface area contributed by atoms with E-state index in [1.54, 1.807) is 18.2 Å². The number of carbonyl (C=O) groups is 1. The van der Waals surface area contributed by atoms with E-state index in [2.05, 4.69) is 24.1 Å². The lowest BCUT2D eigenvalue weighted by atomic mass is 10.1. The topological polar surface area (TPSA) is 54.5 Å². The molecule has 5 nitrogen and oxygen atoms in total. The standard InChI is InChI=1S/C16H27N3O2/c1-6-19(7-2)16(20)14-10-13(8-9-17-14)18-15(11-21-5)12(3)4/h8-10,12,15H,6-7,11H2,1-5H3,(H,17,18). The molecule has 1 aromatic rings. The highest BCUT2D eigenvalue weighted by atomic mass is 16.5. The van der Waals surface area contributed by atoms with Gasteiger partial charge in [0.25, 0.3) is 5.91 Å². The van der Waals surface area contributed by atoms with E-state index in [0.29, 0.717) is 31.3 Å². The maximum atomic E-state index is 12.3. The summed E-state index contributed by atoms with van der Waals surface area (Å²) in [5, 5.41) is 3.41. The Morgan fingerprint density at radius 3 is 2.57 bits per heavy atom. The average molecular weight is 293 g/mol. The van der Waals surface area contributed by atoms with Crippen LogP contribution in [0.15, 0.2) is 18.3 Å². The van der Waals surface area contributed by atoms with Crippen molar-refractivity contribution in [3.05, 3.63) is 24.0 Å². The third kappa shape index (κ3) is 5.01. The maximum absolute atomic E-state index is 12.3. The van der Waals surface area contributed by atoms with Crippen molar-refractivity contribution < 1.29 is 9.53 Å². The van der Waals surface area contributed by atoms with E-state index in [9.17, 15) is 4.79 Å². The summed E-state index contributed by atoms with van der Waals surface area (Å²) in [6.07, 6.45) is 1.67. The van der Waals surface area contributed by atoms with Crippen LogP contribution in [0.25, 0.3) is 0 Å². The zero-order valence-corrected chi connectivity index (χ0v) is 13.7. The minimum Gasteiger partial charge on any atom is -0.383 e. The Hall–Kier alpha value is -1.62. The Kier molecular flexibility index (Phi) is 7.15. The van der Waals surface area contributed by atoms with Gasteiger partial charge in [-0.2, -0.15) is 0 Å². The van der Waals surface area contributed by atoms with Gasteiger partial charge in [-0.3, -0.25) is 9.78 Å². The Morgan fingerprint density at radius 1 is 1.38 bits per heavy atom. The molecule has 21 heavy (non-hydrogen) atoms. The van der Waals surface area contributed by atoms with E-state index < -0.39 is 0 Å². The molecule has 0 aliphatic carbocycles. The Balaban J connectivity index is 2.87. The van der Waals surface area contributed by atoms with E-state index >= 15 is 0 Å². The summed E-state index contributed by atoms with van der Waals surface area (Å²) in [5.74, 6) is 0.400. The third-order valence-corrected chi connectivity index (χ3v) is 3.53. The molecule has 0 radical (unpaired) electrons. The minimum atomic E-state index is -0.0310. The van der Waals surface area contributed by atoms with Gasteiger partial charge in [-0.25, -0.2) is 0 Å². The zero-order valence-electron chi connectivity index (χ0n) is 13.7. The number of carbonyl (C=O) groups excluding carboxylic acids is 1. The summed E-state index contributed by atoms with van der Waals surface area (Å²) < 4.78 is 5.23. The molecule has 1 rings (SSSR count). The summed E-state index contributed by atoms with van der Waals surface area (Å²) in [5.41, 5.74) is 1.37. The summed E-state index contributed by atoms with van der Waals surface area (Å²) in [4.78, 5) is 18.3. The Bertz CT molecular complexity index is 445. The number of amides is 1. The third-order valence-electron chi connectivity index (χ3n) is 3.53. The van der Waals surface area contributed by atoms with Crippen molar-refractivity contribution in [3.8, 4) is 0 Å². The van der Waals surface area contributed by atoms with Crippen molar-refractivity contribution in [2.45, 2.75) is 33.7 Å². The van der Waals surface area contributed by atoms with Crippen LogP contribution in [-0.4, -0.2) is 48.6 Å². The van der Waals surface area contributed by atoms with Crippen molar-refractivity contribution >= 4 is 11.6 Å². The summed E-state index contributed by atoms with van der Waals surface area (Å²) in [7, 11) is 1.69. The lowest BCUT2D eigenvalue weighted by Gasteiger charge is -2.23. The number of hydrogen-bond acceptors (Lipinski definition) is 4. The van der Waals surface area contributed by atoms with E-state index in [4.69, 9.17) is 4.74 Å². The molecule has 1 N–H and O–H groups in total. The van der Waals surface area contributed by atoms with Crippen LogP contribution < -0.4 is 5.32 Å². The maximum Gasteiger partial charge on any atom is 0.272 e. The first-order valence-electron chi connectivity index (χ1n) is 7.54. The second kappa shape index (κ2) is 8.62. The summed E-state index contributed by atoms with van der Waals surface area (Å²) in [6.45, 7) is 10.2. The average Bonchev–Trinajstić information content (AvgIpc) is 2.48. The van der Waals surface area contributed by atoms with Crippen molar-refractivity contribution in [3.63, 3.8) is 0 Å². The van der Waals surface area contributed by atoms with E-state index in [-0.39, 0.29) is 11.9 Å². The second-order valence-corrected chi connectivity index (χ2v) is 5.36. The fraction of sp³-hybridized carbons (Fsp3) is 0.625. The molecule has 0 fully saturated rings. The van der Waals surface area contributed by atoms with Crippen molar-refractivity contribution in [1.29, 1.82) is 0 Å². The van der Waals surface area contributed by atoms with Gasteiger partial charge in [0, 0.05) is 32.1 Å². The van der Waals surface area contributed by atoms with Crippen LogP contribution in [0.1, 0.15) is 38.2 Å². The molecule has 0 aliphatic heterocycles. The minimum absolute atomic E-state index is 0.0310. The number of ether oxygens (including phenoxy) is 1. The monoisotopic (exact) mass is 293 g/mol. The van der Waals surface area contributed by atoms with Gasteiger partial charge in [-0.05, 0) is 31.9 Å². The van der Waals surface area contributed by atoms with Gasteiger partial charge in [-0.15, -0.1) is 0 Å². The Morgan fingerprint density at radius 2 is 2.05 bits per heavy atom. The highest BCUT2D eigenvalue weighted by molar-refractivity contribution is 5.93. The molecule has 0 bridgehead atoms. The van der Waals surface area contributed by atoms with Crippen LogP contribution in [0.4, 0.5) is 5.69 Å². The van der Waals surface area contributed by atoms with Crippen molar-refractivity contribution in [1.82, 2.24) is 9.88 Å². The number of methoxy groups -OCH3 is 1. The molecule has 1 aromatic heterocycles. The summed E-state index contributed by atoms with van der Waals surface area (Å²) >= 11 is 0. The number of rotatable bonds is 8. The first-order chi connectivity index (χ1) is 10.0. The highest BCUT2D eigenvalue weighted by Crippen LogP contribution is 2.15. The van der Waals surface area contributed by atoms with Crippen molar-refractivity contribution in [2.24, 2.45) is 5.92 Å². The SMILES string of the molecule is CCN(CC)C(=O)c1cc(NC(COC)C(C)C)ccn1. The van der Waals surface area contributed by atoms with Gasteiger partial charge in [0.1, 0.15) is 5.69 Å². The molecule has 1 amide bonds.